The molecule has 0 spiro atoms. The minimum atomic E-state index is -4.54. The summed E-state index contributed by atoms with van der Waals surface area (Å²) in [5.74, 6) is -0.629. The molecule has 2 aromatic rings. The Morgan fingerprint density at radius 1 is 1.00 bits per heavy atom. The van der Waals surface area contributed by atoms with Crippen LogP contribution in [0.25, 0.3) is 0 Å². The second-order valence-electron chi connectivity index (χ2n) is 6.40. The van der Waals surface area contributed by atoms with E-state index >= 15 is 0 Å². The Bertz CT molecular complexity index is 835. The van der Waals surface area contributed by atoms with Gasteiger partial charge in [0.1, 0.15) is 0 Å². The lowest BCUT2D eigenvalue weighted by molar-refractivity contribution is -0.137. The molecule has 1 aromatic heterocycles. The fourth-order valence-electron chi connectivity index (χ4n) is 3.02. The molecule has 2 amide bonds. The third-order valence-electron chi connectivity index (χ3n) is 4.46. The minimum absolute atomic E-state index is 0.0382. The Balaban J connectivity index is 1.53. The molecular weight excluding hydrogens is 373 g/mol. The van der Waals surface area contributed by atoms with E-state index in [1.807, 2.05) is 4.90 Å². The number of amides is 2. The zero-order valence-electron chi connectivity index (χ0n) is 14.9. The average Bonchev–Trinajstić information content (AvgIpc) is 2.68. The van der Waals surface area contributed by atoms with Crippen molar-refractivity contribution in [3.05, 3.63) is 59.9 Å². The molecule has 0 unspecified atom stereocenters. The Labute approximate surface area is 160 Å². The molecule has 1 saturated heterocycles. The molecule has 0 atom stereocenters. The van der Waals surface area contributed by atoms with Crippen molar-refractivity contribution in [3.63, 3.8) is 0 Å². The van der Waals surface area contributed by atoms with Crippen LogP contribution in [0.1, 0.15) is 15.9 Å². The van der Waals surface area contributed by atoms with Crippen LogP contribution in [-0.4, -0.2) is 59.3 Å². The quantitative estimate of drug-likeness (QED) is 0.868. The molecule has 0 saturated carbocycles. The highest BCUT2D eigenvalue weighted by atomic mass is 19.4. The number of halogens is 3. The molecule has 1 N–H and O–H groups in total. The van der Waals surface area contributed by atoms with Gasteiger partial charge in [0, 0.05) is 44.1 Å². The highest BCUT2D eigenvalue weighted by Crippen LogP contribution is 2.34. The van der Waals surface area contributed by atoms with Crippen LogP contribution in [-0.2, 0) is 11.0 Å². The summed E-state index contributed by atoms with van der Waals surface area (Å²) in [6.07, 6.45) is -1.44. The van der Waals surface area contributed by atoms with Crippen molar-refractivity contribution < 1.29 is 22.8 Å². The number of piperazine rings is 1. The monoisotopic (exact) mass is 392 g/mol. The number of anilines is 1. The maximum atomic E-state index is 13.0. The van der Waals surface area contributed by atoms with Gasteiger partial charge in [-0.15, -0.1) is 0 Å². The Morgan fingerprint density at radius 2 is 1.64 bits per heavy atom. The van der Waals surface area contributed by atoms with Crippen LogP contribution < -0.4 is 5.32 Å². The number of rotatable bonds is 4. The minimum Gasteiger partial charge on any atom is -0.336 e. The number of hydrogen-bond donors (Lipinski definition) is 1. The van der Waals surface area contributed by atoms with Crippen molar-refractivity contribution >= 4 is 17.5 Å². The average molecular weight is 392 g/mol. The number of aromatic nitrogens is 1. The molecule has 148 valence electrons. The smallest absolute Gasteiger partial charge is 0.336 e. The first-order valence-corrected chi connectivity index (χ1v) is 8.72. The first kappa shape index (κ1) is 19.8. The van der Waals surface area contributed by atoms with Gasteiger partial charge in [-0.3, -0.25) is 19.5 Å². The molecule has 2 heterocycles. The number of nitrogens with zero attached hydrogens (tertiary/aromatic N) is 3. The summed E-state index contributed by atoms with van der Waals surface area (Å²) >= 11 is 0. The molecule has 28 heavy (non-hydrogen) atoms. The molecule has 1 aliphatic heterocycles. The highest BCUT2D eigenvalue weighted by molar-refractivity contribution is 5.94. The van der Waals surface area contributed by atoms with Crippen molar-refractivity contribution in [2.45, 2.75) is 6.18 Å². The lowest BCUT2D eigenvalue weighted by Crippen LogP contribution is -2.50. The molecule has 0 radical (unpaired) electrons. The van der Waals surface area contributed by atoms with Gasteiger partial charge in [-0.05, 0) is 24.3 Å². The van der Waals surface area contributed by atoms with E-state index in [2.05, 4.69) is 10.3 Å². The molecule has 9 heteroatoms. The van der Waals surface area contributed by atoms with Crippen molar-refractivity contribution in [1.82, 2.24) is 14.8 Å². The van der Waals surface area contributed by atoms with Gasteiger partial charge in [-0.2, -0.15) is 13.2 Å². The van der Waals surface area contributed by atoms with Gasteiger partial charge in [0.2, 0.25) is 5.91 Å². The van der Waals surface area contributed by atoms with Crippen molar-refractivity contribution in [1.29, 1.82) is 0 Å². The van der Waals surface area contributed by atoms with Crippen LogP contribution in [0.5, 0.6) is 0 Å². The fourth-order valence-corrected chi connectivity index (χ4v) is 3.02. The summed E-state index contributed by atoms with van der Waals surface area (Å²) in [5, 5.41) is 2.34. The molecule has 6 nitrogen and oxygen atoms in total. The molecule has 1 aliphatic rings. The summed E-state index contributed by atoms with van der Waals surface area (Å²) < 4.78 is 39.0. The van der Waals surface area contributed by atoms with Crippen molar-refractivity contribution in [3.8, 4) is 0 Å². The van der Waals surface area contributed by atoms with E-state index in [0.717, 1.165) is 6.07 Å². The predicted molar refractivity (Wildman–Crippen MR) is 96.7 cm³/mol. The van der Waals surface area contributed by atoms with Gasteiger partial charge in [-0.25, -0.2) is 0 Å². The number of carbonyl (C=O) groups is 2. The molecule has 1 aromatic carbocycles. The molecular formula is C19H19F3N4O2. The van der Waals surface area contributed by atoms with Crippen LogP contribution in [0, 0.1) is 0 Å². The summed E-state index contributed by atoms with van der Waals surface area (Å²) in [4.78, 5) is 32.0. The zero-order chi connectivity index (χ0) is 20.1. The Morgan fingerprint density at radius 3 is 2.29 bits per heavy atom. The third-order valence-corrected chi connectivity index (χ3v) is 4.46. The van der Waals surface area contributed by atoms with E-state index in [4.69, 9.17) is 0 Å². The van der Waals surface area contributed by atoms with E-state index in [1.165, 1.54) is 18.2 Å². The van der Waals surface area contributed by atoms with Gasteiger partial charge in [-0.1, -0.05) is 12.1 Å². The van der Waals surface area contributed by atoms with Crippen LogP contribution in [0.3, 0.4) is 0 Å². The van der Waals surface area contributed by atoms with Gasteiger partial charge in [0.05, 0.1) is 17.8 Å². The lowest BCUT2D eigenvalue weighted by atomic mass is 10.1. The fraction of sp³-hybridized carbons (Fsp3) is 0.316. The SMILES string of the molecule is O=C(CN1CCN(C(=O)c2ccncc2)CC1)Nc1ccccc1C(F)(F)F. The van der Waals surface area contributed by atoms with Gasteiger partial charge >= 0.3 is 6.18 Å². The number of hydrogen-bond acceptors (Lipinski definition) is 4. The first-order chi connectivity index (χ1) is 13.3. The van der Waals surface area contributed by atoms with E-state index in [-0.39, 0.29) is 18.1 Å². The molecule has 1 fully saturated rings. The standard InChI is InChI=1S/C19H19F3N4O2/c20-19(21,22)15-3-1-2-4-16(15)24-17(27)13-25-9-11-26(12-10-25)18(28)14-5-7-23-8-6-14/h1-8H,9-13H2,(H,24,27). The van der Waals surface area contributed by atoms with Crippen molar-refractivity contribution in [2.24, 2.45) is 0 Å². The second kappa shape index (κ2) is 8.39. The Hall–Kier alpha value is -2.94. The number of alkyl halides is 3. The maximum absolute atomic E-state index is 13.0. The van der Waals surface area contributed by atoms with Gasteiger partial charge in [0.25, 0.3) is 5.91 Å². The van der Waals surface area contributed by atoms with Gasteiger partial charge < -0.3 is 10.2 Å². The molecule has 3 rings (SSSR count). The topological polar surface area (TPSA) is 65.5 Å². The molecule has 0 bridgehead atoms. The number of carbonyl (C=O) groups excluding carboxylic acids is 2. The number of benzene rings is 1. The summed E-state index contributed by atoms with van der Waals surface area (Å²) in [6, 6.07) is 8.15. The third kappa shape index (κ3) is 4.86. The number of nitrogens with one attached hydrogen (secondary N) is 1. The summed E-state index contributed by atoms with van der Waals surface area (Å²) in [5.41, 5.74) is -0.590. The molecule has 0 aliphatic carbocycles. The van der Waals surface area contributed by atoms with E-state index in [1.54, 1.807) is 29.4 Å². The first-order valence-electron chi connectivity index (χ1n) is 8.72. The van der Waals surface area contributed by atoms with Gasteiger partial charge in [0.15, 0.2) is 0 Å². The summed E-state index contributed by atoms with van der Waals surface area (Å²) in [6.45, 7) is 1.76. The van der Waals surface area contributed by atoms with E-state index in [9.17, 15) is 22.8 Å². The van der Waals surface area contributed by atoms with Crippen LogP contribution in [0.4, 0.5) is 18.9 Å². The normalized spacial score (nSPS) is 15.3. The van der Waals surface area contributed by atoms with Crippen molar-refractivity contribution in [2.75, 3.05) is 38.0 Å². The lowest BCUT2D eigenvalue weighted by Gasteiger charge is -2.34. The van der Waals surface area contributed by atoms with Crippen LogP contribution in [0.2, 0.25) is 0 Å². The van der Waals surface area contributed by atoms with E-state index < -0.39 is 17.6 Å². The van der Waals surface area contributed by atoms with E-state index in [0.29, 0.717) is 31.7 Å². The van der Waals surface area contributed by atoms with Crippen LogP contribution in [0.15, 0.2) is 48.8 Å². The largest absolute Gasteiger partial charge is 0.418 e. The number of pyridine rings is 1. The second-order valence-corrected chi connectivity index (χ2v) is 6.40. The predicted octanol–water partition coefficient (Wildman–Crippen LogP) is 2.50. The Kier molecular flexibility index (Phi) is 5.93. The zero-order valence-corrected chi connectivity index (χ0v) is 14.9. The number of para-hydroxylation sites is 1. The van der Waals surface area contributed by atoms with Crippen LogP contribution >= 0.6 is 0 Å². The summed E-state index contributed by atoms with van der Waals surface area (Å²) in [7, 11) is 0. The maximum Gasteiger partial charge on any atom is 0.418 e. The highest BCUT2D eigenvalue weighted by Gasteiger charge is 2.33.